The monoisotopic (exact) mass is 474 g/mol. The van der Waals surface area contributed by atoms with E-state index in [1.807, 2.05) is 22.7 Å². The molecule has 0 radical (unpaired) electrons. The lowest BCUT2D eigenvalue weighted by Crippen LogP contribution is -2.30. The third-order valence-electron chi connectivity index (χ3n) is 5.56. The predicted molar refractivity (Wildman–Crippen MR) is 133 cm³/mol. The van der Waals surface area contributed by atoms with Crippen LogP contribution >= 0.6 is 34.3 Å². The number of amidine groups is 1. The van der Waals surface area contributed by atoms with Gasteiger partial charge in [0.2, 0.25) is 0 Å². The Kier molecular flexibility index (Phi) is 6.84. The summed E-state index contributed by atoms with van der Waals surface area (Å²) in [5.41, 5.74) is 2.52. The molecule has 0 fully saturated rings. The third-order valence-corrected chi connectivity index (χ3v) is 8.13. The lowest BCUT2D eigenvalue weighted by atomic mass is 10.0. The molecule has 2 N–H and O–H groups in total. The minimum atomic E-state index is 0.00740. The van der Waals surface area contributed by atoms with Gasteiger partial charge in [-0.05, 0) is 49.9 Å². The van der Waals surface area contributed by atoms with Crippen LogP contribution in [0.5, 0.6) is 0 Å². The zero-order valence-corrected chi connectivity index (χ0v) is 20.5. The van der Waals surface area contributed by atoms with E-state index in [1.165, 1.54) is 30.6 Å². The number of nitrogens with zero attached hydrogens (tertiary/aromatic N) is 2. The van der Waals surface area contributed by atoms with E-state index in [2.05, 4.69) is 53.5 Å². The van der Waals surface area contributed by atoms with Gasteiger partial charge in [0.1, 0.15) is 17.6 Å². The number of ether oxygens (including phenoxy) is 1. The topological polar surface area (TPSA) is 58.0 Å². The molecule has 0 saturated heterocycles. The first-order valence-corrected chi connectivity index (χ1v) is 12.4. The highest BCUT2D eigenvalue weighted by Gasteiger charge is 2.24. The van der Waals surface area contributed by atoms with Crippen LogP contribution in [0.1, 0.15) is 56.1 Å². The number of hydrogen-bond donors (Lipinski definition) is 2. The fourth-order valence-corrected chi connectivity index (χ4v) is 6.27. The van der Waals surface area contributed by atoms with Crippen LogP contribution in [0.4, 0.5) is 0 Å². The molecule has 0 aromatic carbocycles. The van der Waals surface area contributed by atoms with Crippen LogP contribution in [0.15, 0.2) is 45.3 Å². The second-order valence-corrected chi connectivity index (χ2v) is 10.7. The first kappa shape index (κ1) is 22.1. The van der Waals surface area contributed by atoms with Crippen LogP contribution in [0.3, 0.4) is 0 Å². The second kappa shape index (κ2) is 9.59. The molecule has 164 valence electrons. The van der Waals surface area contributed by atoms with E-state index >= 15 is 0 Å². The van der Waals surface area contributed by atoms with Crippen molar-refractivity contribution in [3.8, 4) is 0 Å². The molecule has 5 nitrogen and oxygen atoms in total. The average molecular weight is 475 g/mol. The van der Waals surface area contributed by atoms with Gasteiger partial charge >= 0.3 is 0 Å². The second-order valence-electron chi connectivity index (χ2n) is 7.58. The number of halogens is 1. The van der Waals surface area contributed by atoms with Crippen molar-refractivity contribution < 1.29 is 4.74 Å². The molecule has 2 aliphatic rings. The van der Waals surface area contributed by atoms with Gasteiger partial charge in [0.25, 0.3) is 0 Å². The fraction of sp³-hybridized carbons (Fsp3) is 0.391. The fourth-order valence-electron chi connectivity index (χ4n) is 3.89. The standard InChI is InChI=1S/C23H27ClN4OS2/c1-5-21-26-10-19(24)22(28-21)17-8-15(30-13(17)2)6-7-16-9-18(14(3)31-16)23-20(29-4)11-25-12-27-23/h8-12,22-23H,5-7H2,1-4H3,(H,25,27)(H,26,28). The zero-order valence-electron chi connectivity index (χ0n) is 18.2. The highest BCUT2D eigenvalue weighted by Crippen LogP contribution is 2.36. The van der Waals surface area contributed by atoms with Crippen LogP contribution in [0.25, 0.3) is 0 Å². The van der Waals surface area contributed by atoms with Gasteiger partial charge in [-0.3, -0.25) is 0 Å². The minimum Gasteiger partial charge on any atom is -0.497 e. The largest absolute Gasteiger partial charge is 0.497 e. The molecule has 4 rings (SSSR count). The van der Waals surface area contributed by atoms with Crippen molar-refractivity contribution in [2.45, 2.75) is 52.1 Å². The van der Waals surface area contributed by atoms with Crippen LogP contribution in [-0.2, 0) is 17.6 Å². The van der Waals surface area contributed by atoms with Crippen molar-refractivity contribution in [2.24, 2.45) is 9.98 Å². The number of thiophene rings is 2. The van der Waals surface area contributed by atoms with Crippen molar-refractivity contribution in [2.75, 3.05) is 7.11 Å². The van der Waals surface area contributed by atoms with Gasteiger partial charge in [0, 0.05) is 32.1 Å². The number of aliphatic imine (C=N–C) groups is 2. The van der Waals surface area contributed by atoms with Crippen LogP contribution < -0.4 is 10.6 Å². The highest BCUT2D eigenvalue weighted by atomic mass is 35.5. The molecule has 2 atom stereocenters. The van der Waals surface area contributed by atoms with E-state index < -0.39 is 0 Å². The molecule has 2 unspecified atom stereocenters. The lowest BCUT2D eigenvalue weighted by Gasteiger charge is -2.23. The van der Waals surface area contributed by atoms with Gasteiger partial charge in [-0.25, -0.2) is 9.98 Å². The summed E-state index contributed by atoms with van der Waals surface area (Å²) < 4.78 is 5.51. The summed E-state index contributed by atoms with van der Waals surface area (Å²) in [5, 5.41) is 7.54. The van der Waals surface area contributed by atoms with Crippen molar-refractivity contribution in [3.63, 3.8) is 0 Å². The van der Waals surface area contributed by atoms with Crippen LogP contribution in [0.2, 0.25) is 0 Å². The number of methoxy groups -OCH3 is 1. The summed E-state index contributed by atoms with van der Waals surface area (Å²) in [6.45, 7) is 6.45. The smallest absolute Gasteiger partial charge is 0.141 e. The quantitative estimate of drug-likeness (QED) is 0.524. The van der Waals surface area contributed by atoms with Crippen molar-refractivity contribution in [1.82, 2.24) is 10.6 Å². The Labute approximate surface area is 196 Å². The first-order valence-electron chi connectivity index (χ1n) is 10.4. The van der Waals surface area contributed by atoms with E-state index in [9.17, 15) is 0 Å². The minimum absolute atomic E-state index is 0.00740. The first-order chi connectivity index (χ1) is 15.0. The maximum atomic E-state index is 6.48. The predicted octanol–water partition coefficient (Wildman–Crippen LogP) is 5.91. The molecule has 0 saturated carbocycles. The summed E-state index contributed by atoms with van der Waals surface area (Å²) in [6.07, 6.45) is 8.19. The van der Waals surface area contributed by atoms with E-state index in [-0.39, 0.29) is 12.1 Å². The van der Waals surface area contributed by atoms with Gasteiger partial charge in [-0.1, -0.05) is 18.5 Å². The van der Waals surface area contributed by atoms with E-state index in [1.54, 1.807) is 25.8 Å². The molecule has 31 heavy (non-hydrogen) atoms. The number of rotatable bonds is 7. The average Bonchev–Trinajstić information content (AvgIpc) is 3.34. The molecule has 0 bridgehead atoms. The summed E-state index contributed by atoms with van der Waals surface area (Å²) in [4.78, 5) is 13.9. The molecule has 8 heteroatoms. The molecule has 2 aromatic rings. The summed E-state index contributed by atoms with van der Waals surface area (Å²) in [5.74, 6) is 1.82. The molecular formula is C23H27ClN4OS2. The van der Waals surface area contributed by atoms with Gasteiger partial charge in [-0.15, -0.1) is 22.7 Å². The Morgan fingerprint density at radius 1 is 1.03 bits per heavy atom. The van der Waals surface area contributed by atoms with E-state index in [4.69, 9.17) is 16.3 Å². The Balaban J connectivity index is 1.46. The van der Waals surface area contributed by atoms with Crippen molar-refractivity contribution >= 4 is 46.4 Å². The lowest BCUT2D eigenvalue weighted by molar-refractivity contribution is 0.257. The van der Waals surface area contributed by atoms with Crippen molar-refractivity contribution in [3.05, 3.63) is 66.0 Å². The number of hydrogen-bond acceptors (Lipinski definition) is 7. The Hall–Kier alpha value is -2.09. The van der Waals surface area contributed by atoms with Crippen LogP contribution in [-0.4, -0.2) is 19.3 Å². The zero-order chi connectivity index (χ0) is 22.0. The van der Waals surface area contributed by atoms with Gasteiger partial charge in [-0.2, -0.15) is 0 Å². The normalized spacial score (nSPS) is 20.5. The molecular weight excluding hydrogens is 448 g/mol. The summed E-state index contributed by atoms with van der Waals surface area (Å²) >= 11 is 10.2. The van der Waals surface area contributed by atoms with E-state index in [0.29, 0.717) is 0 Å². The van der Waals surface area contributed by atoms with Crippen LogP contribution in [0, 0.1) is 13.8 Å². The third kappa shape index (κ3) is 4.73. The number of nitrogens with one attached hydrogen (secondary N) is 2. The summed E-state index contributed by atoms with van der Waals surface area (Å²) in [6, 6.07) is 4.65. The Bertz CT molecular complexity index is 1080. The molecule has 2 aromatic heterocycles. The molecule has 0 spiro atoms. The highest BCUT2D eigenvalue weighted by molar-refractivity contribution is 7.12. The molecule has 0 amide bonds. The number of aryl methyl sites for hydroxylation is 4. The molecule has 2 aliphatic heterocycles. The van der Waals surface area contributed by atoms with E-state index in [0.717, 1.165) is 35.9 Å². The van der Waals surface area contributed by atoms with Gasteiger partial charge in [0.05, 0.1) is 30.7 Å². The van der Waals surface area contributed by atoms with Gasteiger partial charge < -0.3 is 15.4 Å². The maximum Gasteiger partial charge on any atom is 0.141 e. The summed E-state index contributed by atoms with van der Waals surface area (Å²) in [7, 11) is 1.69. The van der Waals surface area contributed by atoms with Crippen molar-refractivity contribution in [1.29, 1.82) is 0 Å². The SMILES string of the molecule is CCC1=NC=C(Cl)C(c2cc(CCc3cc(C4NC=NC=C4OC)c(C)s3)sc2C)N1. The molecule has 0 aliphatic carbocycles. The van der Waals surface area contributed by atoms with Gasteiger partial charge in [0.15, 0.2) is 0 Å². The Morgan fingerprint density at radius 3 is 2.29 bits per heavy atom. The Morgan fingerprint density at radius 2 is 1.68 bits per heavy atom. The maximum absolute atomic E-state index is 6.48. The molecule has 4 heterocycles.